The summed E-state index contributed by atoms with van der Waals surface area (Å²) in [5, 5.41) is 23.2. The zero-order chi connectivity index (χ0) is 14.7. The number of rotatable bonds is 4. The molecule has 20 heavy (non-hydrogen) atoms. The van der Waals surface area contributed by atoms with Crippen LogP contribution >= 0.6 is 0 Å². The van der Waals surface area contributed by atoms with Gasteiger partial charge in [0.2, 0.25) is 11.6 Å². The van der Waals surface area contributed by atoms with Gasteiger partial charge in [-0.1, -0.05) is 0 Å². The first-order chi connectivity index (χ1) is 9.56. The van der Waals surface area contributed by atoms with E-state index in [1.54, 1.807) is 11.9 Å². The summed E-state index contributed by atoms with van der Waals surface area (Å²) >= 11 is 0. The normalized spacial score (nSPS) is 22.6. The smallest absolute Gasteiger partial charge is 0.353 e. The van der Waals surface area contributed by atoms with Gasteiger partial charge in [0.25, 0.3) is 0 Å². The third kappa shape index (κ3) is 2.78. The molecule has 2 rings (SSSR count). The van der Waals surface area contributed by atoms with Crippen LogP contribution in [-0.4, -0.2) is 58.9 Å². The molecule has 2 heterocycles. The van der Waals surface area contributed by atoms with Crippen LogP contribution in [0.2, 0.25) is 0 Å². The van der Waals surface area contributed by atoms with E-state index in [0.717, 1.165) is 0 Å². The molecule has 1 aliphatic rings. The van der Waals surface area contributed by atoms with Gasteiger partial charge >= 0.3 is 5.69 Å². The Kier molecular flexibility index (Phi) is 4.30. The molecule has 2 N–H and O–H groups in total. The minimum Gasteiger partial charge on any atom is -0.394 e. The monoisotopic (exact) mass is 283 g/mol. The molecule has 1 fully saturated rings. The molecule has 9 heteroatoms. The van der Waals surface area contributed by atoms with E-state index >= 15 is 0 Å². The topological polar surface area (TPSA) is 114 Å². The Labute approximate surface area is 115 Å². The van der Waals surface area contributed by atoms with E-state index in [1.807, 2.05) is 6.92 Å². The Bertz CT molecular complexity index is 498. The molecular weight excluding hydrogens is 266 g/mol. The standard InChI is InChI=1S/C11H17N5O4/c1-7-3-15(4-8(5-17)20-7)11-9(16(18)19)10(12-2)13-6-14-11/h6-8,17H,3-5H2,1-2H3,(H,12,13,14). The van der Waals surface area contributed by atoms with Gasteiger partial charge < -0.3 is 20.1 Å². The quantitative estimate of drug-likeness (QED) is 0.587. The van der Waals surface area contributed by atoms with Gasteiger partial charge in [0.1, 0.15) is 6.33 Å². The first-order valence-electron chi connectivity index (χ1n) is 6.25. The van der Waals surface area contributed by atoms with Crippen LogP contribution in [0, 0.1) is 10.1 Å². The molecule has 110 valence electrons. The summed E-state index contributed by atoms with van der Waals surface area (Å²) < 4.78 is 5.52. The van der Waals surface area contributed by atoms with Crippen molar-refractivity contribution < 1.29 is 14.8 Å². The highest BCUT2D eigenvalue weighted by molar-refractivity contribution is 5.70. The number of anilines is 2. The third-order valence-corrected chi connectivity index (χ3v) is 3.05. The van der Waals surface area contributed by atoms with Crippen LogP contribution in [0.1, 0.15) is 6.92 Å². The summed E-state index contributed by atoms with van der Waals surface area (Å²) in [5.41, 5.74) is -0.166. The van der Waals surface area contributed by atoms with E-state index in [2.05, 4.69) is 15.3 Å². The number of morpholine rings is 1. The largest absolute Gasteiger partial charge is 0.394 e. The van der Waals surface area contributed by atoms with E-state index in [4.69, 9.17) is 4.74 Å². The lowest BCUT2D eigenvalue weighted by Gasteiger charge is -2.36. The molecule has 0 amide bonds. The van der Waals surface area contributed by atoms with Gasteiger partial charge in [0, 0.05) is 20.1 Å². The highest BCUT2D eigenvalue weighted by atomic mass is 16.6. The maximum absolute atomic E-state index is 11.3. The number of nitrogens with zero attached hydrogens (tertiary/aromatic N) is 4. The number of aromatic nitrogens is 2. The van der Waals surface area contributed by atoms with Crippen molar-refractivity contribution in [1.82, 2.24) is 9.97 Å². The molecular formula is C11H17N5O4. The zero-order valence-corrected chi connectivity index (χ0v) is 11.3. The number of nitrogens with one attached hydrogen (secondary N) is 1. The van der Waals surface area contributed by atoms with Crippen LogP contribution < -0.4 is 10.2 Å². The SMILES string of the molecule is CNc1ncnc(N2CC(C)OC(CO)C2)c1[N+](=O)[O-]. The van der Waals surface area contributed by atoms with Gasteiger partial charge in [-0.3, -0.25) is 10.1 Å². The minimum atomic E-state index is -0.505. The molecule has 0 saturated carbocycles. The van der Waals surface area contributed by atoms with Gasteiger partial charge in [0.15, 0.2) is 0 Å². The highest BCUT2D eigenvalue weighted by Gasteiger charge is 2.32. The van der Waals surface area contributed by atoms with Crippen LogP contribution in [-0.2, 0) is 4.74 Å². The number of nitro groups is 1. The van der Waals surface area contributed by atoms with Crippen molar-refractivity contribution in [3.05, 3.63) is 16.4 Å². The lowest BCUT2D eigenvalue weighted by Crippen LogP contribution is -2.48. The molecule has 0 spiro atoms. The number of aliphatic hydroxyl groups excluding tert-OH is 1. The van der Waals surface area contributed by atoms with E-state index in [1.165, 1.54) is 6.33 Å². The second kappa shape index (κ2) is 5.97. The number of aliphatic hydroxyl groups is 1. The third-order valence-electron chi connectivity index (χ3n) is 3.05. The van der Waals surface area contributed by atoms with Gasteiger partial charge in [-0.2, -0.15) is 0 Å². The second-order valence-corrected chi connectivity index (χ2v) is 4.56. The molecule has 1 saturated heterocycles. The first-order valence-corrected chi connectivity index (χ1v) is 6.25. The van der Waals surface area contributed by atoms with E-state index in [-0.39, 0.29) is 36.1 Å². The summed E-state index contributed by atoms with van der Waals surface area (Å²) in [5.74, 6) is 0.405. The van der Waals surface area contributed by atoms with E-state index in [0.29, 0.717) is 13.1 Å². The van der Waals surface area contributed by atoms with Crippen molar-refractivity contribution in [2.75, 3.05) is 37.0 Å². The van der Waals surface area contributed by atoms with Crippen LogP contribution in [0.4, 0.5) is 17.3 Å². The summed E-state index contributed by atoms with van der Waals surface area (Å²) in [4.78, 5) is 20.4. The lowest BCUT2D eigenvalue weighted by molar-refractivity contribution is -0.383. The van der Waals surface area contributed by atoms with Crippen LogP contribution in [0.3, 0.4) is 0 Å². The van der Waals surface area contributed by atoms with E-state index < -0.39 is 4.92 Å². The van der Waals surface area contributed by atoms with Crippen LogP contribution in [0.25, 0.3) is 0 Å². The molecule has 9 nitrogen and oxygen atoms in total. The lowest BCUT2D eigenvalue weighted by atomic mass is 10.2. The Morgan fingerprint density at radius 2 is 2.35 bits per heavy atom. The molecule has 2 atom stereocenters. The Hall–Kier alpha value is -2.00. The van der Waals surface area contributed by atoms with Crippen molar-refractivity contribution in [3.8, 4) is 0 Å². The van der Waals surface area contributed by atoms with Gasteiger partial charge in [0.05, 0.1) is 23.7 Å². The Balaban J connectivity index is 2.38. The van der Waals surface area contributed by atoms with Crippen LogP contribution in [0.5, 0.6) is 0 Å². The number of ether oxygens (including phenoxy) is 1. The maximum Gasteiger partial charge on any atom is 0.353 e. The molecule has 1 aromatic heterocycles. The fourth-order valence-corrected chi connectivity index (χ4v) is 2.27. The van der Waals surface area contributed by atoms with Crippen LogP contribution in [0.15, 0.2) is 6.33 Å². The fraction of sp³-hybridized carbons (Fsp3) is 0.636. The molecule has 0 aliphatic carbocycles. The summed E-state index contributed by atoms with van der Waals surface area (Å²) in [7, 11) is 1.57. The van der Waals surface area contributed by atoms with Gasteiger partial charge in [-0.25, -0.2) is 9.97 Å². The summed E-state index contributed by atoms with van der Waals surface area (Å²) in [6.07, 6.45) is 0.752. The summed E-state index contributed by atoms with van der Waals surface area (Å²) in [6, 6.07) is 0. The fourth-order valence-electron chi connectivity index (χ4n) is 2.27. The predicted octanol–water partition coefficient (Wildman–Crippen LogP) is 0.0125. The molecule has 1 aromatic rings. The first kappa shape index (κ1) is 14.4. The average molecular weight is 283 g/mol. The molecule has 0 radical (unpaired) electrons. The molecule has 2 unspecified atom stereocenters. The molecule has 0 aromatic carbocycles. The zero-order valence-electron chi connectivity index (χ0n) is 11.3. The van der Waals surface area contributed by atoms with Gasteiger partial charge in [-0.05, 0) is 6.92 Å². The summed E-state index contributed by atoms with van der Waals surface area (Å²) in [6.45, 7) is 2.53. The number of hydrogen-bond donors (Lipinski definition) is 2. The molecule has 1 aliphatic heterocycles. The average Bonchev–Trinajstić information content (AvgIpc) is 2.45. The van der Waals surface area contributed by atoms with Crippen molar-refractivity contribution in [1.29, 1.82) is 0 Å². The predicted molar refractivity (Wildman–Crippen MR) is 71.9 cm³/mol. The molecule has 0 bridgehead atoms. The van der Waals surface area contributed by atoms with Crippen molar-refractivity contribution in [3.63, 3.8) is 0 Å². The maximum atomic E-state index is 11.3. The van der Waals surface area contributed by atoms with Gasteiger partial charge in [-0.15, -0.1) is 0 Å². The number of hydrogen-bond acceptors (Lipinski definition) is 8. The Morgan fingerprint density at radius 3 is 2.95 bits per heavy atom. The van der Waals surface area contributed by atoms with Crippen molar-refractivity contribution in [2.45, 2.75) is 19.1 Å². The Morgan fingerprint density at radius 1 is 1.60 bits per heavy atom. The van der Waals surface area contributed by atoms with E-state index in [9.17, 15) is 15.2 Å². The van der Waals surface area contributed by atoms with Crippen molar-refractivity contribution in [2.24, 2.45) is 0 Å². The minimum absolute atomic E-state index is 0.140. The highest BCUT2D eigenvalue weighted by Crippen LogP contribution is 2.32. The second-order valence-electron chi connectivity index (χ2n) is 4.56. The van der Waals surface area contributed by atoms with Crippen molar-refractivity contribution >= 4 is 17.3 Å².